The molecule has 0 N–H and O–H groups in total. The number of ether oxygens (including phenoxy) is 2. The summed E-state index contributed by atoms with van der Waals surface area (Å²) in [6, 6.07) is 5.81. The van der Waals surface area contributed by atoms with Crippen LogP contribution in [-0.2, 0) is 9.53 Å². The molecule has 0 unspecified atom stereocenters. The first-order valence-corrected chi connectivity index (χ1v) is 6.13. The van der Waals surface area contributed by atoms with Gasteiger partial charge in [0.2, 0.25) is 0 Å². The number of rotatable bonds is 4. The molecule has 0 heterocycles. The summed E-state index contributed by atoms with van der Waals surface area (Å²) in [4.78, 5) is 11.5. The lowest BCUT2D eigenvalue weighted by atomic mass is 9.95. The molecule has 3 nitrogen and oxygen atoms in total. The van der Waals surface area contributed by atoms with Crippen LogP contribution in [0.15, 0.2) is 22.7 Å². The Balaban J connectivity index is 2.73. The van der Waals surface area contributed by atoms with Gasteiger partial charge in [-0.15, -0.1) is 0 Å². The van der Waals surface area contributed by atoms with E-state index < -0.39 is 5.41 Å². The Hall–Kier alpha value is -1.03. The van der Waals surface area contributed by atoms with Gasteiger partial charge in [0.1, 0.15) is 12.4 Å². The standard InChI is InChI=1S/C13H17BrO3/c1-9-5-6-10(14)7-11(9)17-8-13(2,3)12(15)16-4/h5-7H,8H2,1-4H3. The predicted octanol–water partition coefficient (Wildman–Crippen LogP) is 3.34. The fraction of sp³-hybridized carbons (Fsp3) is 0.462. The molecule has 0 aliphatic carbocycles. The first-order valence-electron chi connectivity index (χ1n) is 5.34. The predicted molar refractivity (Wildman–Crippen MR) is 70.2 cm³/mol. The summed E-state index contributed by atoms with van der Waals surface area (Å²) < 4.78 is 11.4. The van der Waals surface area contributed by atoms with Crippen LogP contribution < -0.4 is 4.74 Å². The fourth-order valence-corrected chi connectivity index (χ4v) is 1.66. The largest absolute Gasteiger partial charge is 0.492 e. The summed E-state index contributed by atoms with van der Waals surface area (Å²) in [5.41, 5.74) is 0.387. The highest BCUT2D eigenvalue weighted by atomic mass is 79.9. The van der Waals surface area contributed by atoms with E-state index in [1.807, 2.05) is 25.1 Å². The molecule has 0 aromatic heterocycles. The van der Waals surface area contributed by atoms with Crippen molar-refractivity contribution in [3.05, 3.63) is 28.2 Å². The molecule has 0 aliphatic heterocycles. The molecule has 4 heteroatoms. The van der Waals surface area contributed by atoms with Crippen molar-refractivity contribution in [1.29, 1.82) is 0 Å². The van der Waals surface area contributed by atoms with Crippen LogP contribution in [0.1, 0.15) is 19.4 Å². The van der Waals surface area contributed by atoms with E-state index in [0.717, 1.165) is 15.8 Å². The zero-order chi connectivity index (χ0) is 13.1. The van der Waals surface area contributed by atoms with Crippen LogP contribution in [0.4, 0.5) is 0 Å². The van der Waals surface area contributed by atoms with Crippen molar-refractivity contribution >= 4 is 21.9 Å². The third-order valence-electron chi connectivity index (χ3n) is 2.48. The van der Waals surface area contributed by atoms with Crippen LogP contribution in [0.2, 0.25) is 0 Å². The highest BCUT2D eigenvalue weighted by Gasteiger charge is 2.29. The molecule has 0 amide bonds. The number of esters is 1. The molecule has 0 fully saturated rings. The Morgan fingerprint density at radius 3 is 2.65 bits per heavy atom. The van der Waals surface area contributed by atoms with E-state index in [9.17, 15) is 4.79 Å². The zero-order valence-electron chi connectivity index (χ0n) is 10.5. The fourth-order valence-electron chi connectivity index (χ4n) is 1.32. The van der Waals surface area contributed by atoms with Gasteiger partial charge in [0.25, 0.3) is 0 Å². The van der Waals surface area contributed by atoms with Crippen molar-refractivity contribution in [1.82, 2.24) is 0 Å². The van der Waals surface area contributed by atoms with Gasteiger partial charge in [-0.1, -0.05) is 22.0 Å². The monoisotopic (exact) mass is 300 g/mol. The van der Waals surface area contributed by atoms with E-state index >= 15 is 0 Å². The lowest BCUT2D eigenvalue weighted by molar-refractivity contribution is -0.152. The molecule has 1 aromatic rings. The van der Waals surface area contributed by atoms with E-state index in [1.54, 1.807) is 13.8 Å². The number of methoxy groups -OCH3 is 1. The molecule has 94 valence electrons. The number of carbonyl (C=O) groups excluding carboxylic acids is 1. The lowest BCUT2D eigenvalue weighted by Crippen LogP contribution is -2.32. The highest BCUT2D eigenvalue weighted by molar-refractivity contribution is 9.10. The third-order valence-corrected chi connectivity index (χ3v) is 2.97. The Labute approximate surface area is 110 Å². The summed E-state index contributed by atoms with van der Waals surface area (Å²) in [6.07, 6.45) is 0. The first kappa shape index (κ1) is 14.0. The van der Waals surface area contributed by atoms with Crippen LogP contribution in [0.5, 0.6) is 5.75 Å². The molecule has 0 radical (unpaired) electrons. The van der Waals surface area contributed by atoms with Crippen molar-refractivity contribution in [2.75, 3.05) is 13.7 Å². The van der Waals surface area contributed by atoms with Gasteiger partial charge in [-0.05, 0) is 38.5 Å². The van der Waals surface area contributed by atoms with E-state index in [0.29, 0.717) is 0 Å². The van der Waals surface area contributed by atoms with Gasteiger partial charge < -0.3 is 9.47 Å². The second kappa shape index (κ2) is 5.54. The SMILES string of the molecule is COC(=O)C(C)(C)COc1cc(Br)ccc1C. The Kier molecular flexibility index (Phi) is 4.57. The van der Waals surface area contributed by atoms with Crippen molar-refractivity contribution < 1.29 is 14.3 Å². The number of aryl methyl sites for hydroxylation is 1. The van der Waals surface area contributed by atoms with Gasteiger partial charge in [-0.3, -0.25) is 4.79 Å². The molecule has 0 saturated carbocycles. The molecule has 0 spiro atoms. The molecule has 17 heavy (non-hydrogen) atoms. The maximum Gasteiger partial charge on any atom is 0.314 e. The van der Waals surface area contributed by atoms with E-state index in [1.165, 1.54) is 7.11 Å². The zero-order valence-corrected chi connectivity index (χ0v) is 12.1. The maximum absolute atomic E-state index is 11.5. The minimum atomic E-state index is -0.649. The van der Waals surface area contributed by atoms with Crippen LogP contribution >= 0.6 is 15.9 Å². The Morgan fingerprint density at radius 2 is 2.06 bits per heavy atom. The Morgan fingerprint density at radius 1 is 1.41 bits per heavy atom. The summed E-state index contributed by atoms with van der Waals surface area (Å²) in [5, 5.41) is 0. The summed E-state index contributed by atoms with van der Waals surface area (Å²) in [5.74, 6) is 0.501. The quantitative estimate of drug-likeness (QED) is 0.800. The van der Waals surface area contributed by atoms with Crippen LogP contribution in [0.25, 0.3) is 0 Å². The van der Waals surface area contributed by atoms with Gasteiger partial charge in [0.15, 0.2) is 0 Å². The lowest BCUT2D eigenvalue weighted by Gasteiger charge is -2.22. The van der Waals surface area contributed by atoms with Gasteiger partial charge in [-0.25, -0.2) is 0 Å². The van der Waals surface area contributed by atoms with Gasteiger partial charge in [0, 0.05) is 4.47 Å². The molecular formula is C13H17BrO3. The van der Waals surface area contributed by atoms with E-state index in [2.05, 4.69) is 15.9 Å². The smallest absolute Gasteiger partial charge is 0.314 e. The maximum atomic E-state index is 11.5. The van der Waals surface area contributed by atoms with E-state index in [4.69, 9.17) is 9.47 Å². The summed E-state index contributed by atoms with van der Waals surface area (Å²) in [7, 11) is 1.38. The third kappa shape index (κ3) is 3.73. The van der Waals surface area contributed by atoms with Crippen molar-refractivity contribution in [3.63, 3.8) is 0 Å². The van der Waals surface area contributed by atoms with Gasteiger partial charge >= 0.3 is 5.97 Å². The minimum absolute atomic E-state index is 0.273. The topological polar surface area (TPSA) is 35.5 Å². The number of hydrogen-bond acceptors (Lipinski definition) is 3. The first-order chi connectivity index (χ1) is 7.86. The second-order valence-electron chi connectivity index (χ2n) is 4.57. The molecule has 0 atom stereocenters. The van der Waals surface area contributed by atoms with Crippen LogP contribution in [0, 0.1) is 12.3 Å². The summed E-state index contributed by atoms with van der Waals surface area (Å²) in [6.45, 7) is 5.85. The summed E-state index contributed by atoms with van der Waals surface area (Å²) >= 11 is 3.39. The van der Waals surface area contributed by atoms with Gasteiger partial charge in [0.05, 0.1) is 12.5 Å². The van der Waals surface area contributed by atoms with Crippen molar-refractivity contribution in [2.45, 2.75) is 20.8 Å². The van der Waals surface area contributed by atoms with Crippen LogP contribution in [0.3, 0.4) is 0 Å². The number of carbonyl (C=O) groups is 1. The molecule has 1 aromatic carbocycles. The van der Waals surface area contributed by atoms with Crippen molar-refractivity contribution in [2.24, 2.45) is 5.41 Å². The Bertz CT molecular complexity index is 413. The number of hydrogen-bond donors (Lipinski definition) is 0. The molecule has 0 saturated heterocycles. The number of halogens is 1. The molecule has 0 aliphatic rings. The molecule has 0 bridgehead atoms. The molecular weight excluding hydrogens is 284 g/mol. The normalized spacial score (nSPS) is 11.1. The average Bonchev–Trinajstić information content (AvgIpc) is 2.29. The highest BCUT2D eigenvalue weighted by Crippen LogP contribution is 2.25. The molecule has 1 rings (SSSR count). The average molecular weight is 301 g/mol. The van der Waals surface area contributed by atoms with Crippen molar-refractivity contribution in [3.8, 4) is 5.75 Å². The van der Waals surface area contributed by atoms with E-state index in [-0.39, 0.29) is 12.6 Å². The number of benzene rings is 1. The van der Waals surface area contributed by atoms with Gasteiger partial charge in [-0.2, -0.15) is 0 Å². The second-order valence-corrected chi connectivity index (χ2v) is 5.49. The minimum Gasteiger partial charge on any atom is -0.492 e. The van der Waals surface area contributed by atoms with Crippen LogP contribution in [-0.4, -0.2) is 19.7 Å².